The number of ether oxygens (including phenoxy) is 1. The van der Waals surface area contributed by atoms with Crippen molar-refractivity contribution < 1.29 is 19.4 Å². The van der Waals surface area contributed by atoms with Crippen LogP contribution < -0.4 is 5.32 Å². The van der Waals surface area contributed by atoms with E-state index in [1.54, 1.807) is 18.9 Å². The third-order valence-corrected chi connectivity index (χ3v) is 3.48. The first-order chi connectivity index (χ1) is 9.04. The molecule has 1 fully saturated rings. The molecule has 6 heteroatoms. The average Bonchev–Trinajstić information content (AvgIpc) is 2.88. The van der Waals surface area contributed by atoms with Crippen molar-refractivity contribution in [1.82, 2.24) is 10.2 Å². The van der Waals surface area contributed by atoms with E-state index in [-0.39, 0.29) is 19.0 Å². The normalized spacial score (nSPS) is 17.2. The Morgan fingerprint density at radius 1 is 1.42 bits per heavy atom. The highest BCUT2D eigenvalue weighted by Gasteiger charge is 2.24. The average molecular weight is 272 g/mol. The van der Waals surface area contributed by atoms with Crippen molar-refractivity contribution in [1.29, 1.82) is 0 Å². The maximum absolute atomic E-state index is 11.9. The molecule has 1 unspecified atom stereocenters. The number of rotatable bonds is 7. The van der Waals surface area contributed by atoms with Crippen LogP contribution in [0.1, 0.15) is 39.0 Å². The number of carbonyl (C=O) groups excluding carboxylic acids is 1. The fourth-order valence-corrected chi connectivity index (χ4v) is 2.40. The molecule has 0 aromatic carbocycles. The lowest BCUT2D eigenvalue weighted by Crippen LogP contribution is -2.45. The van der Waals surface area contributed by atoms with E-state index in [9.17, 15) is 9.59 Å². The Morgan fingerprint density at radius 3 is 2.58 bits per heavy atom. The molecular formula is C13H24N2O4. The molecule has 0 aliphatic heterocycles. The Hall–Kier alpha value is -1.30. The van der Waals surface area contributed by atoms with Crippen molar-refractivity contribution in [3.05, 3.63) is 0 Å². The van der Waals surface area contributed by atoms with Crippen LogP contribution in [-0.4, -0.2) is 54.4 Å². The van der Waals surface area contributed by atoms with Crippen LogP contribution in [0.15, 0.2) is 0 Å². The van der Waals surface area contributed by atoms with Crippen LogP contribution in [0.4, 0.5) is 4.79 Å². The van der Waals surface area contributed by atoms with Crippen LogP contribution in [0.25, 0.3) is 0 Å². The van der Waals surface area contributed by atoms with Crippen LogP contribution >= 0.6 is 0 Å². The molecule has 1 saturated carbocycles. The molecule has 0 heterocycles. The van der Waals surface area contributed by atoms with Gasteiger partial charge in [0, 0.05) is 26.2 Å². The minimum Gasteiger partial charge on any atom is -0.481 e. The van der Waals surface area contributed by atoms with E-state index in [2.05, 4.69) is 5.32 Å². The van der Waals surface area contributed by atoms with Gasteiger partial charge in [-0.3, -0.25) is 4.79 Å². The lowest BCUT2D eigenvalue weighted by Gasteiger charge is -2.25. The Morgan fingerprint density at radius 2 is 2.05 bits per heavy atom. The van der Waals surface area contributed by atoms with Gasteiger partial charge in [0.15, 0.2) is 0 Å². The summed E-state index contributed by atoms with van der Waals surface area (Å²) in [6, 6.07) is 0.159. The smallest absolute Gasteiger partial charge is 0.317 e. The van der Waals surface area contributed by atoms with Crippen LogP contribution in [0.3, 0.4) is 0 Å². The van der Waals surface area contributed by atoms with Gasteiger partial charge in [0.25, 0.3) is 0 Å². The summed E-state index contributed by atoms with van der Waals surface area (Å²) in [5.41, 5.74) is 0. The molecule has 0 spiro atoms. The molecule has 1 aliphatic carbocycles. The zero-order valence-electron chi connectivity index (χ0n) is 11.7. The summed E-state index contributed by atoms with van der Waals surface area (Å²) in [5.74, 6) is -0.920. The number of aliphatic carboxylic acids is 1. The Bertz CT molecular complexity index is 303. The molecule has 1 rings (SSSR count). The molecule has 0 aromatic heterocycles. The fraction of sp³-hybridized carbons (Fsp3) is 0.846. The summed E-state index contributed by atoms with van der Waals surface area (Å²) in [6.45, 7) is 2.48. The first-order valence-electron chi connectivity index (χ1n) is 6.88. The fourth-order valence-electron chi connectivity index (χ4n) is 2.40. The number of carboxylic acid groups (broad SMARTS) is 1. The molecule has 0 bridgehead atoms. The first kappa shape index (κ1) is 15.8. The second kappa shape index (κ2) is 7.99. The Balaban J connectivity index is 2.35. The quantitative estimate of drug-likeness (QED) is 0.735. The molecule has 0 saturated heterocycles. The lowest BCUT2D eigenvalue weighted by molar-refractivity contribution is -0.140. The standard InChI is InChI=1S/C13H24N2O4/c1-3-19-11(8-12(16)17)9-14-13(18)15(2)10-6-4-5-7-10/h10-11H,3-9H2,1-2H3,(H,14,18)(H,16,17). The molecule has 2 N–H and O–H groups in total. The van der Waals surface area contributed by atoms with Gasteiger partial charge >= 0.3 is 12.0 Å². The van der Waals surface area contributed by atoms with Crippen LogP contribution in [0.2, 0.25) is 0 Å². The largest absolute Gasteiger partial charge is 0.481 e. The van der Waals surface area contributed by atoms with Gasteiger partial charge in [-0.1, -0.05) is 12.8 Å². The van der Waals surface area contributed by atoms with Gasteiger partial charge in [-0.2, -0.15) is 0 Å². The van der Waals surface area contributed by atoms with Crippen molar-refractivity contribution in [2.75, 3.05) is 20.2 Å². The molecular weight excluding hydrogens is 248 g/mol. The molecule has 110 valence electrons. The molecule has 0 radical (unpaired) electrons. The molecule has 1 aliphatic rings. The van der Waals surface area contributed by atoms with E-state index >= 15 is 0 Å². The highest BCUT2D eigenvalue weighted by Crippen LogP contribution is 2.22. The van der Waals surface area contributed by atoms with Gasteiger partial charge in [-0.25, -0.2) is 4.79 Å². The predicted molar refractivity (Wildman–Crippen MR) is 71.1 cm³/mol. The number of urea groups is 1. The van der Waals surface area contributed by atoms with E-state index in [1.807, 2.05) is 0 Å². The van der Waals surface area contributed by atoms with Gasteiger partial charge in [-0.05, 0) is 19.8 Å². The van der Waals surface area contributed by atoms with E-state index < -0.39 is 12.1 Å². The first-order valence-corrected chi connectivity index (χ1v) is 6.88. The number of amides is 2. The zero-order chi connectivity index (χ0) is 14.3. The highest BCUT2D eigenvalue weighted by atomic mass is 16.5. The van der Waals surface area contributed by atoms with E-state index in [1.165, 1.54) is 12.8 Å². The van der Waals surface area contributed by atoms with Crippen molar-refractivity contribution in [3.63, 3.8) is 0 Å². The monoisotopic (exact) mass is 272 g/mol. The molecule has 6 nitrogen and oxygen atoms in total. The van der Waals surface area contributed by atoms with Crippen LogP contribution in [0, 0.1) is 0 Å². The SMILES string of the molecule is CCOC(CNC(=O)N(C)C1CCCC1)CC(=O)O. The number of nitrogens with zero attached hydrogens (tertiary/aromatic N) is 1. The van der Waals surface area contributed by atoms with Crippen LogP contribution in [0.5, 0.6) is 0 Å². The number of carboxylic acids is 1. The third-order valence-electron chi connectivity index (χ3n) is 3.48. The maximum Gasteiger partial charge on any atom is 0.317 e. The predicted octanol–water partition coefficient (Wildman–Crippen LogP) is 1.45. The van der Waals surface area contributed by atoms with Crippen LogP contribution in [-0.2, 0) is 9.53 Å². The van der Waals surface area contributed by atoms with E-state index in [0.717, 1.165) is 12.8 Å². The topological polar surface area (TPSA) is 78.9 Å². The summed E-state index contributed by atoms with van der Waals surface area (Å²) < 4.78 is 5.29. The summed E-state index contributed by atoms with van der Waals surface area (Å²) in [4.78, 5) is 24.3. The number of hydrogen-bond donors (Lipinski definition) is 2. The van der Waals surface area contributed by atoms with Crippen molar-refractivity contribution >= 4 is 12.0 Å². The summed E-state index contributed by atoms with van der Waals surface area (Å²) in [6.07, 6.45) is 3.87. The lowest BCUT2D eigenvalue weighted by atomic mass is 10.2. The molecule has 19 heavy (non-hydrogen) atoms. The van der Waals surface area contributed by atoms with E-state index in [4.69, 9.17) is 9.84 Å². The van der Waals surface area contributed by atoms with Crippen molar-refractivity contribution in [3.8, 4) is 0 Å². The minimum atomic E-state index is -0.920. The zero-order valence-corrected chi connectivity index (χ0v) is 11.7. The number of hydrogen-bond acceptors (Lipinski definition) is 3. The second-order valence-electron chi connectivity index (χ2n) is 4.91. The van der Waals surface area contributed by atoms with Gasteiger partial charge in [0.1, 0.15) is 0 Å². The number of carbonyl (C=O) groups is 2. The van der Waals surface area contributed by atoms with Crippen molar-refractivity contribution in [2.24, 2.45) is 0 Å². The molecule has 1 atom stereocenters. The van der Waals surface area contributed by atoms with Gasteiger partial charge < -0.3 is 20.1 Å². The van der Waals surface area contributed by atoms with E-state index in [0.29, 0.717) is 12.6 Å². The summed E-state index contributed by atoms with van der Waals surface area (Å²) in [7, 11) is 1.79. The maximum atomic E-state index is 11.9. The minimum absolute atomic E-state index is 0.0960. The summed E-state index contributed by atoms with van der Waals surface area (Å²) >= 11 is 0. The molecule has 2 amide bonds. The van der Waals surface area contributed by atoms with Crippen molar-refractivity contribution in [2.45, 2.75) is 51.2 Å². The molecule has 0 aromatic rings. The Kier molecular flexibility index (Phi) is 6.62. The highest BCUT2D eigenvalue weighted by molar-refractivity contribution is 5.74. The summed E-state index contributed by atoms with van der Waals surface area (Å²) in [5, 5.41) is 11.5. The Labute approximate surface area is 114 Å². The number of nitrogens with one attached hydrogen (secondary N) is 1. The second-order valence-corrected chi connectivity index (χ2v) is 4.91. The third kappa shape index (κ3) is 5.46. The van der Waals surface area contributed by atoms with Gasteiger partial charge in [0.05, 0.1) is 12.5 Å². The van der Waals surface area contributed by atoms with Gasteiger partial charge in [-0.15, -0.1) is 0 Å². The van der Waals surface area contributed by atoms with Gasteiger partial charge in [0.2, 0.25) is 0 Å².